The fourth-order valence-corrected chi connectivity index (χ4v) is 7.71. The van der Waals surface area contributed by atoms with E-state index < -0.39 is 5.54 Å². The number of piperidine rings is 1. The largest absolute Gasteiger partial charge is 0.375 e. The van der Waals surface area contributed by atoms with Gasteiger partial charge < -0.3 is 4.74 Å². The fourth-order valence-electron chi connectivity index (χ4n) is 6.65. The summed E-state index contributed by atoms with van der Waals surface area (Å²) >= 11 is 1.85. The minimum Gasteiger partial charge on any atom is -0.375 e. The summed E-state index contributed by atoms with van der Waals surface area (Å²) < 4.78 is 6.20. The van der Waals surface area contributed by atoms with Crippen molar-refractivity contribution in [1.82, 2.24) is 4.90 Å². The summed E-state index contributed by atoms with van der Waals surface area (Å²) in [6.45, 7) is 3.36. The van der Waals surface area contributed by atoms with Crippen molar-refractivity contribution in [1.29, 1.82) is 0 Å². The van der Waals surface area contributed by atoms with Crippen molar-refractivity contribution in [3.05, 3.63) is 93.9 Å². The van der Waals surface area contributed by atoms with E-state index in [9.17, 15) is 4.79 Å². The third-order valence-electron chi connectivity index (χ3n) is 8.38. The second-order valence-electron chi connectivity index (χ2n) is 10.2. The van der Waals surface area contributed by atoms with Gasteiger partial charge in [0.15, 0.2) is 5.78 Å². The highest BCUT2D eigenvalue weighted by molar-refractivity contribution is 8.03. The molecule has 2 aromatic rings. The molecule has 0 bridgehead atoms. The molecule has 0 amide bonds. The normalized spacial score (nSPS) is 28.9. The van der Waals surface area contributed by atoms with E-state index in [-0.39, 0.29) is 5.41 Å². The van der Waals surface area contributed by atoms with Gasteiger partial charge in [-0.15, -0.1) is 11.8 Å². The molecule has 0 N–H and O–H groups in total. The molecule has 1 spiro atoms. The first-order valence-corrected chi connectivity index (χ1v) is 13.8. The molecule has 2 unspecified atom stereocenters. The predicted molar refractivity (Wildman–Crippen MR) is 139 cm³/mol. The molecule has 4 aliphatic rings. The van der Waals surface area contributed by atoms with Gasteiger partial charge in [0.2, 0.25) is 0 Å². The molecule has 176 valence electrons. The van der Waals surface area contributed by atoms with E-state index in [1.165, 1.54) is 28.0 Å². The van der Waals surface area contributed by atoms with Crippen LogP contribution in [0.25, 0.3) is 0 Å². The average molecular weight is 472 g/mol. The van der Waals surface area contributed by atoms with Crippen LogP contribution >= 0.6 is 11.8 Å². The van der Waals surface area contributed by atoms with Gasteiger partial charge in [0, 0.05) is 21.6 Å². The Hall–Kier alpha value is -2.14. The van der Waals surface area contributed by atoms with Crippen LogP contribution in [-0.2, 0) is 21.6 Å². The number of nitrogens with zero attached hydrogens (tertiary/aromatic N) is 1. The van der Waals surface area contributed by atoms with Crippen LogP contribution in [0.4, 0.5) is 0 Å². The summed E-state index contributed by atoms with van der Waals surface area (Å²) in [7, 11) is 0. The van der Waals surface area contributed by atoms with Crippen LogP contribution in [0.5, 0.6) is 0 Å². The first kappa shape index (κ1) is 22.3. The van der Waals surface area contributed by atoms with Crippen LogP contribution < -0.4 is 0 Å². The summed E-state index contributed by atoms with van der Waals surface area (Å²) in [6, 6.07) is 19.7. The Morgan fingerprint density at radius 2 is 1.88 bits per heavy atom. The van der Waals surface area contributed by atoms with E-state index in [1.54, 1.807) is 0 Å². The highest BCUT2D eigenvalue weighted by Gasteiger charge is 2.47. The van der Waals surface area contributed by atoms with Crippen molar-refractivity contribution < 1.29 is 9.53 Å². The molecule has 4 heteroatoms. The van der Waals surface area contributed by atoms with Crippen molar-refractivity contribution in [2.75, 3.05) is 25.4 Å². The maximum absolute atomic E-state index is 13.7. The summed E-state index contributed by atoms with van der Waals surface area (Å²) in [5, 5.41) is 0. The maximum Gasteiger partial charge on any atom is 0.184 e. The van der Waals surface area contributed by atoms with E-state index in [1.807, 2.05) is 11.8 Å². The highest BCUT2D eigenvalue weighted by Crippen LogP contribution is 2.45. The number of rotatable bonds is 5. The van der Waals surface area contributed by atoms with Gasteiger partial charge in [-0.2, -0.15) is 0 Å². The standard InChI is InChI=1S/C30H33NO2S/c32-28-25-14-20-34-27(25)13-17-30(28)16-6-7-18-31(30)19-8-15-29(24-10-2-1-3-11-24)22-33-21-23-9-4-5-12-26(23)29/h1-5,9-13,17H,6-8,14-16,18-22H2. The average Bonchev–Trinajstić information content (AvgIpc) is 3.38. The van der Waals surface area contributed by atoms with Gasteiger partial charge in [0.25, 0.3) is 0 Å². The Morgan fingerprint density at radius 1 is 1.03 bits per heavy atom. The van der Waals surface area contributed by atoms with Crippen LogP contribution in [0, 0.1) is 0 Å². The van der Waals surface area contributed by atoms with Gasteiger partial charge in [-0.1, -0.05) is 60.7 Å². The Morgan fingerprint density at radius 3 is 2.79 bits per heavy atom. The number of likely N-dealkylation sites (tertiary alicyclic amines) is 1. The molecule has 6 rings (SSSR count). The lowest BCUT2D eigenvalue weighted by Crippen LogP contribution is -2.57. The molecule has 3 heterocycles. The summed E-state index contributed by atoms with van der Waals surface area (Å²) in [5.74, 6) is 1.44. The van der Waals surface area contributed by atoms with Crippen LogP contribution in [-0.4, -0.2) is 41.7 Å². The van der Waals surface area contributed by atoms with Crippen molar-refractivity contribution in [3.63, 3.8) is 0 Å². The molecule has 1 fully saturated rings. The fraction of sp³-hybridized carbons (Fsp3) is 0.433. The van der Waals surface area contributed by atoms with Gasteiger partial charge in [0.1, 0.15) is 5.54 Å². The number of benzene rings is 2. The number of thioether (sulfide) groups is 1. The minimum absolute atomic E-state index is 0.136. The van der Waals surface area contributed by atoms with Crippen LogP contribution in [0.2, 0.25) is 0 Å². The molecular formula is C30H33NO2S. The number of ketones is 1. The molecule has 1 saturated heterocycles. The molecule has 0 radical (unpaired) electrons. The van der Waals surface area contributed by atoms with Crippen LogP contribution in [0.1, 0.15) is 55.2 Å². The predicted octanol–water partition coefficient (Wildman–Crippen LogP) is 6.04. The van der Waals surface area contributed by atoms with E-state index >= 15 is 0 Å². The summed E-state index contributed by atoms with van der Waals surface area (Å²) in [4.78, 5) is 17.5. The minimum atomic E-state index is -0.414. The van der Waals surface area contributed by atoms with Crippen molar-refractivity contribution in [3.8, 4) is 0 Å². The molecule has 34 heavy (non-hydrogen) atoms. The highest BCUT2D eigenvalue weighted by atomic mass is 32.2. The van der Waals surface area contributed by atoms with Gasteiger partial charge in [-0.3, -0.25) is 9.69 Å². The topological polar surface area (TPSA) is 29.5 Å². The molecule has 2 atom stereocenters. The van der Waals surface area contributed by atoms with Gasteiger partial charge in [0.05, 0.1) is 13.2 Å². The first-order chi connectivity index (χ1) is 16.7. The zero-order valence-corrected chi connectivity index (χ0v) is 20.6. The van der Waals surface area contributed by atoms with E-state index in [2.05, 4.69) is 71.6 Å². The number of hydrogen-bond donors (Lipinski definition) is 0. The number of hydrogen-bond acceptors (Lipinski definition) is 4. The molecule has 2 aromatic carbocycles. The lowest BCUT2D eigenvalue weighted by molar-refractivity contribution is -0.126. The second kappa shape index (κ2) is 9.14. The molecule has 3 aliphatic heterocycles. The third-order valence-corrected chi connectivity index (χ3v) is 9.48. The van der Waals surface area contributed by atoms with Gasteiger partial charge >= 0.3 is 0 Å². The van der Waals surface area contributed by atoms with Crippen molar-refractivity contribution in [2.24, 2.45) is 0 Å². The van der Waals surface area contributed by atoms with Gasteiger partial charge in [-0.25, -0.2) is 0 Å². The molecule has 3 nitrogen and oxygen atoms in total. The molecule has 0 aromatic heterocycles. The van der Waals surface area contributed by atoms with E-state index in [0.717, 1.165) is 56.5 Å². The number of carbonyl (C=O) groups excluding carboxylic acids is 1. The Balaban J connectivity index is 1.27. The Bertz CT molecular complexity index is 1140. The Labute approximate surface area is 207 Å². The quantitative estimate of drug-likeness (QED) is 0.532. The van der Waals surface area contributed by atoms with Crippen LogP contribution in [0.15, 0.2) is 77.2 Å². The maximum atomic E-state index is 13.7. The number of carbonyl (C=O) groups is 1. The van der Waals surface area contributed by atoms with Gasteiger partial charge in [-0.05, 0) is 74.4 Å². The number of allylic oxidation sites excluding steroid dienone is 1. The molecule has 0 saturated carbocycles. The zero-order chi connectivity index (χ0) is 23.0. The number of fused-ring (bicyclic) bond motifs is 1. The molecular weight excluding hydrogens is 438 g/mol. The third kappa shape index (κ3) is 3.62. The lowest BCUT2D eigenvalue weighted by atomic mass is 9.69. The summed E-state index contributed by atoms with van der Waals surface area (Å²) in [5.41, 5.74) is 4.59. The first-order valence-electron chi connectivity index (χ1n) is 12.8. The van der Waals surface area contributed by atoms with Crippen LogP contribution in [0.3, 0.4) is 0 Å². The van der Waals surface area contributed by atoms with Crippen molar-refractivity contribution >= 4 is 17.5 Å². The summed E-state index contributed by atoms with van der Waals surface area (Å²) in [6.07, 6.45) is 10.8. The second-order valence-corrected chi connectivity index (χ2v) is 11.3. The number of ether oxygens (including phenoxy) is 1. The SMILES string of the molecule is O=C1C2=C(C=CC13CCCCN3CCCC1(c3ccccc3)COCc3ccccc31)SCC2. The van der Waals surface area contributed by atoms with Crippen molar-refractivity contribution in [2.45, 2.75) is 56.1 Å². The van der Waals surface area contributed by atoms with E-state index in [4.69, 9.17) is 4.74 Å². The zero-order valence-electron chi connectivity index (χ0n) is 19.8. The molecule has 1 aliphatic carbocycles. The Kier molecular flexibility index (Phi) is 6.00. The smallest absolute Gasteiger partial charge is 0.184 e. The monoisotopic (exact) mass is 471 g/mol. The lowest BCUT2D eigenvalue weighted by Gasteiger charge is -2.46. The number of Topliss-reactive ketones (excluding diaryl/α,β-unsaturated/α-hetero) is 1. The van der Waals surface area contributed by atoms with E-state index in [0.29, 0.717) is 19.0 Å².